The Morgan fingerprint density at radius 1 is 1.21 bits per heavy atom. The maximum atomic E-state index is 9.79. The van der Waals surface area contributed by atoms with E-state index in [0.29, 0.717) is 6.04 Å². The van der Waals surface area contributed by atoms with Gasteiger partial charge in [-0.05, 0) is 33.7 Å². The summed E-state index contributed by atoms with van der Waals surface area (Å²) in [6.07, 6.45) is 1.16. The Kier molecular flexibility index (Phi) is 2.55. The lowest BCUT2D eigenvalue weighted by atomic mass is 9.88. The van der Waals surface area contributed by atoms with E-state index in [0.717, 1.165) is 12.8 Å². The molecule has 0 radical (unpaired) electrons. The maximum Gasteiger partial charge on any atom is 0.163 e. The smallest absolute Gasteiger partial charge is 0.163 e. The number of aliphatic hydroxyl groups excluding tert-OH is 1. The van der Waals surface area contributed by atoms with Gasteiger partial charge in [0.2, 0.25) is 0 Å². The zero-order valence-corrected chi connectivity index (χ0v) is 8.99. The van der Waals surface area contributed by atoms with E-state index < -0.39 is 5.79 Å². The second-order valence-electron chi connectivity index (χ2n) is 4.60. The minimum atomic E-state index is -0.560. The summed E-state index contributed by atoms with van der Waals surface area (Å²) in [6.45, 7) is 3.79. The molecule has 1 heterocycles. The zero-order chi connectivity index (χ0) is 10.3. The van der Waals surface area contributed by atoms with Crippen LogP contribution in [-0.2, 0) is 9.47 Å². The van der Waals surface area contributed by atoms with E-state index in [2.05, 4.69) is 5.32 Å². The number of nitrogens with one attached hydrogen (secondary N) is 1. The van der Waals surface area contributed by atoms with Crippen LogP contribution in [-0.4, -0.2) is 42.3 Å². The molecule has 2 fully saturated rings. The van der Waals surface area contributed by atoms with Gasteiger partial charge in [-0.2, -0.15) is 0 Å². The normalized spacial score (nSPS) is 46.3. The second kappa shape index (κ2) is 3.45. The van der Waals surface area contributed by atoms with Crippen molar-refractivity contribution >= 4 is 0 Å². The van der Waals surface area contributed by atoms with Gasteiger partial charge in [-0.15, -0.1) is 0 Å². The molecule has 2 aliphatic rings. The summed E-state index contributed by atoms with van der Waals surface area (Å²) in [5.74, 6) is -0.560. The van der Waals surface area contributed by atoms with Gasteiger partial charge in [0, 0.05) is 6.04 Å². The van der Waals surface area contributed by atoms with Crippen molar-refractivity contribution in [3.63, 3.8) is 0 Å². The molecule has 2 rings (SSSR count). The molecule has 82 valence electrons. The summed E-state index contributed by atoms with van der Waals surface area (Å²) in [7, 11) is 1.92. The van der Waals surface area contributed by atoms with E-state index in [1.54, 1.807) is 0 Å². The van der Waals surface area contributed by atoms with Crippen LogP contribution in [0.4, 0.5) is 0 Å². The van der Waals surface area contributed by atoms with Crippen molar-refractivity contribution in [2.45, 2.75) is 56.8 Å². The lowest BCUT2D eigenvalue weighted by Gasteiger charge is -2.34. The van der Waals surface area contributed by atoms with Gasteiger partial charge < -0.3 is 19.9 Å². The van der Waals surface area contributed by atoms with Gasteiger partial charge in [0.1, 0.15) is 12.2 Å². The molecule has 0 spiro atoms. The molecule has 0 unspecified atom stereocenters. The SMILES string of the molecule is CN[C@H]1CC[C@@H](O)[C@@H]2OC(C)(C)O[C@@H]21. The zero-order valence-electron chi connectivity index (χ0n) is 8.99. The summed E-state index contributed by atoms with van der Waals surface area (Å²) >= 11 is 0. The maximum absolute atomic E-state index is 9.79. The summed E-state index contributed by atoms with van der Waals surface area (Å²) in [6, 6.07) is 0.296. The van der Waals surface area contributed by atoms with Crippen molar-refractivity contribution in [3.05, 3.63) is 0 Å². The van der Waals surface area contributed by atoms with E-state index in [1.165, 1.54) is 0 Å². The van der Waals surface area contributed by atoms with E-state index in [1.807, 2.05) is 20.9 Å². The Balaban J connectivity index is 2.14. The first-order chi connectivity index (χ1) is 6.53. The summed E-state index contributed by atoms with van der Waals surface area (Å²) in [5, 5.41) is 13.0. The van der Waals surface area contributed by atoms with Crippen molar-refractivity contribution in [3.8, 4) is 0 Å². The van der Waals surface area contributed by atoms with Crippen LogP contribution in [0.1, 0.15) is 26.7 Å². The Labute approximate surface area is 84.6 Å². The minimum absolute atomic E-state index is 0.0150. The predicted octanol–water partition coefficient (Wildman–Crippen LogP) is 0.249. The lowest BCUT2D eigenvalue weighted by molar-refractivity contribution is -0.153. The van der Waals surface area contributed by atoms with Gasteiger partial charge in [0.05, 0.1) is 6.10 Å². The number of hydrogen-bond donors (Lipinski definition) is 2. The first-order valence-electron chi connectivity index (χ1n) is 5.24. The Hall–Kier alpha value is -0.160. The Morgan fingerprint density at radius 3 is 2.50 bits per heavy atom. The second-order valence-corrected chi connectivity index (χ2v) is 4.60. The number of ether oxygens (including phenoxy) is 2. The third-order valence-corrected chi connectivity index (χ3v) is 3.08. The third kappa shape index (κ3) is 1.67. The summed E-state index contributed by atoms with van der Waals surface area (Å²) in [4.78, 5) is 0. The first-order valence-corrected chi connectivity index (χ1v) is 5.24. The van der Waals surface area contributed by atoms with Crippen molar-refractivity contribution in [2.24, 2.45) is 0 Å². The van der Waals surface area contributed by atoms with E-state index in [9.17, 15) is 5.11 Å². The van der Waals surface area contributed by atoms with Crippen molar-refractivity contribution in [2.75, 3.05) is 7.05 Å². The molecule has 1 saturated heterocycles. The number of rotatable bonds is 1. The standard InChI is InChI=1S/C10H19NO3/c1-10(2)13-8-6(11-3)4-5-7(12)9(8)14-10/h6-9,11-12H,4-5H2,1-3H3/t6-,7+,8+,9-/m0/s1. The van der Waals surface area contributed by atoms with Crippen LogP contribution >= 0.6 is 0 Å². The van der Waals surface area contributed by atoms with Crippen LogP contribution < -0.4 is 5.32 Å². The molecule has 14 heavy (non-hydrogen) atoms. The molecule has 0 aromatic carbocycles. The van der Waals surface area contributed by atoms with Gasteiger partial charge in [-0.3, -0.25) is 0 Å². The largest absolute Gasteiger partial charge is 0.390 e. The number of hydrogen-bond acceptors (Lipinski definition) is 4. The van der Waals surface area contributed by atoms with Crippen LogP contribution in [0.3, 0.4) is 0 Å². The molecule has 4 heteroatoms. The number of likely N-dealkylation sites (N-methyl/N-ethyl adjacent to an activating group) is 1. The fourth-order valence-electron chi connectivity index (χ4n) is 2.41. The minimum Gasteiger partial charge on any atom is -0.390 e. The first kappa shape index (κ1) is 10.4. The highest BCUT2D eigenvalue weighted by atomic mass is 16.8. The van der Waals surface area contributed by atoms with Crippen LogP contribution in [0.25, 0.3) is 0 Å². The lowest BCUT2D eigenvalue weighted by Crippen LogP contribution is -2.52. The molecule has 4 atom stereocenters. The summed E-state index contributed by atoms with van der Waals surface area (Å²) in [5.41, 5.74) is 0. The average molecular weight is 201 g/mol. The van der Waals surface area contributed by atoms with Crippen LogP contribution in [0, 0.1) is 0 Å². The fourth-order valence-corrected chi connectivity index (χ4v) is 2.41. The quantitative estimate of drug-likeness (QED) is 0.638. The molecule has 0 amide bonds. The summed E-state index contributed by atoms with van der Waals surface area (Å²) < 4.78 is 11.5. The molecule has 0 aromatic rings. The van der Waals surface area contributed by atoms with Crippen molar-refractivity contribution in [1.29, 1.82) is 0 Å². The Morgan fingerprint density at radius 2 is 1.86 bits per heavy atom. The molecule has 2 N–H and O–H groups in total. The van der Waals surface area contributed by atoms with E-state index in [-0.39, 0.29) is 18.3 Å². The van der Waals surface area contributed by atoms with Gasteiger partial charge in [-0.1, -0.05) is 0 Å². The van der Waals surface area contributed by atoms with Gasteiger partial charge in [0.15, 0.2) is 5.79 Å². The molecular formula is C10H19NO3. The van der Waals surface area contributed by atoms with Gasteiger partial charge in [0.25, 0.3) is 0 Å². The fraction of sp³-hybridized carbons (Fsp3) is 1.00. The molecule has 0 bridgehead atoms. The predicted molar refractivity (Wildman–Crippen MR) is 51.9 cm³/mol. The van der Waals surface area contributed by atoms with E-state index >= 15 is 0 Å². The number of aliphatic hydroxyl groups is 1. The molecule has 0 aromatic heterocycles. The molecule has 4 nitrogen and oxygen atoms in total. The highest BCUT2D eigenvalue weighted by Gasteiger charge is 2.50. The van der Waals surface area contributed by atoms with Gasteiger partial charge >= 0.3 is 0 Å². The highest BCUT2D eigenvalue weighted by molar-refractivity contribution is 4.97. The highest BCUT2D eigenvalue weighted by Crippen LogP contribution is 2.36. The topological polar surface area (TPSA) is 50.7 Å². The average Bonchev–Trinajstić information content (AvgIpc) is 2.42. The number of fused-ring (bicyclic) bond motifs is 1. The van der Waals surface area contributed by atoms with E-state index in [4.69, 9.17) is 9.47 Å². The van der Waals surface area contributed by atoms with Gasteiger partial charge in [-0.25, -0.2) is 0 Å². The molecule has 1 aliphatic carbocycles. The molecular weight excluding hydrogens is 182 g/mol. The Bertz CT molecular complexity index is 219. The van der Waals surface area contributed by atoms with Crippen LogP contribution in [0.15, 0.2) is 0 Å². The van der Waals surface area contributed by atoms with Crippen molar-refractivity contribution in [1.82, 2.24) is 5.32 Å². The monoisotopic (exact) mass is 201 g/mol. The molecule has 1 aliphatic heterocycles. The van der Waals surface area contributed by atoms with Crippen molar-refractivity contribution < 1.29 is 14.6 Å². The van der Waals surface area contributed by atoms with Crippen LogP contribution in [0.2, 0.25) is 0 Å². The molecule has 1 saturated carbocycles. The third-order valence-electron chi connectivity index (χ3n) is 3.08. The van der Waals surface area contributed by atoms with Crippen LogP contribution in [0.5, 0.6) is 0 Å².